The van der Waals surface area contributed by atoms with E-state index >= 15 is 0 Å². The van der Waals surface area contributed by atoms with Gasteiger partial charge in [0.05, 0.1) is 5.75 Å². The summed E-state index contributed by atoms with van der Waals surface area (Å²) in [4.78, 5) is 11.8. The van der Waals surface area contributed by atoms with Gasteiger partial charge >= 0.3 is 0 Å². The van der Waals surface area contributed by atoms with Crippen LogP contribution in [0.4, 0.5) is 5.69 Å². The predicted molar refractivity (Wildman–Crippen MR) is 91.9 cm³/mol. The maximum Gasteiger partial charge on any atom is 0.239 e. The second-order valence-corrected chi connectivity index (χ2v) is 7.83. The van der Waals surface area contributed by atoms with Crippen LogP contribution in [-0.2, 0) is 21.1 Å². The van der Waals surface area contributed by atoms with E-state index in [1.807, 2.05) is 31.2 Å². The third kappa shape index (κ3) is 7.59. The van der Waals surface area contributed by atoms with Gasteiger partial charge in [-0.1, -0.05) is 45.2 Å². The van der Waals surface area contributed by atoms with E-state index in [0.29, 0.717) is 12.1 Å². The van der Waals surface area contributed by atoms with Crippen LogP contribution in [0.2, 0.25) is 0 Å². The van der Waals surface area contributed by atoms with Crippen molar-refractivity contribution in [2.45, 2.75) is 52.4 Å². The number of sulfone groups is 1. The zero-order valence-corrected chi connectivity index (χ0v) is 14.4. The minimum absolute atomic E-state index is 0.0875. The van der Waals surface area contributed by atoms with Crippen LogP contribution < -0.4 is 5.32 Å². The largest absolute Gasteiger partial charge is 0.325 e. The molecule has 5 heteroatoms. The fourth-order valence-corrected chi connectivity index (χ4v) is 3.44. The second-order valence-electron chi connectivity index (χ2n) is 5.65. The molecule has 22 heavy (non-hydrogen) atoms. The normalized spacial score (nSPS) is 11.4. The highest BCUT2D eigenvalue weighted by Gasteiger charge is 2.16. The molecular weight excluding hydrogens is 298 g/mol. The van der Waals surface area contributed by atoms with Crippen LogP contribution in [0.25, 0.3) is 0 Å². The fourth-order valence-electron chi connectivity index (χ4n) is 2.18. The van der Waals surface area contributed by atoms with Crippen LogP contribution in [0.5, 0.6) is 0 Å². The molecule has 0 heterocycles. The van der Waals surface area contributed by atoms with Crippen molar-refractivity contribution in [3.63, 3.8) is 0 Å². The number of hydrogen-bond donors (Lipinski definition) is 1. The Morgan fingerprint density at radius 1 is 1.00 bits per heavy atom. The molecule has 1 rings (SSSR count). The summed E-state index contributed by atoms with van der Waals surface area (Å²) in [5, 5.41) is 2.65. The van der Waals surface area contributed by atoms with Crippen molar-refractivity contribution in [1.82, 2.24) is 0 Å². The quantitative estimate of drug-likeness (QED) is 0.669. The summed E-state index contributed by atoms with van der Waals surface area (Å²) >= 11 is 0. The Hall–Kier alpha value is -1.36. The van der Waals surface area contributed by atoms with E-state index in [1.165, 1.54) is 5.56 Å². The first-order valence-corrected chi connectivity index (χ1v) is 9.88. The van der Waals surface area contributed by atoms with Gasteiger partial charge < -0.3 is 5.32 Å². The molecule has 0 aliphatic heterocycles. The number of amides is 1. The smallest absolute Gasteiger partial charge is 0.239 e. The van der Waals surface area contributed by atoms with E-state index in [4.69, 9.17) is 0 Å². The Labute approximate surface area is 134 Å². The molecule has 124 valence electrons. The number of benzene rings is 1. The van der Waals surface area contributed by atoms with E-state index < -0.39 is 21.5 Å². The van der Waals surface area contributed by atoms with Gasteiger partial charge in [0.25, 0.3) is 0 Å². The summed E-state index contributed by atoms with van der Waals surface area (Å²) in [6.45, 7) is 4.17. The van der Waals surface area contributed by atoms with Crippen molar-refractivity contribution in [2.75, 3.05) is 16.8 Å². The number of nitrogens with one attached hydrogen (secondary N) is 1. The highest BCUT2D eigenvalue weighted by atomic mass is 32.2. The predicted octanol–water partition coefficient (Wildman–Crippen LogP) is 3.57. The molecule has 0 aliphatic rings. The summed E-state index contributed by atoms with van der Waals surface area (Å²) in [7, 11) is -3.31. The fraction of sp³-hybridized carbons (Fsp3) is 0.588. The molecule has 0 spiro atoms. The molecule has 0 saturated carbocycles. The van der Waals surface area contributed by atoms with E-state index in [-0.39, 0.29) is 5.75 Å². The van der Waals surface area contributed by atoms with Gasteiger partial charge in [-0.3, -0.25) is 4.79 Å². The highest BCUT2D eigenvalue weighted by Crippen LogP contribution is 2.12. The second kappa shape index (κ2) is 9.62. The molecule has 0 aromatic heterocycles. The molecule has 0 unspecified atom stereocenters. The van der Waals surface area contributed by atoms with E-state index in [9.17, 15) is 13.2 Å². The SMILES string of the molecule is CCCCCS(=O)(=O)CC(=O)Nc1ccc(CCCC)cc1. The molecule has 0 saturated heterocycles. The first-order valence-electron chi connectivity index (χ1n) is 8.06. The topological polar surface area (TPSA) is 63.2 Å². The lowest BCUT2D eigenvalue weighted by Gasteiger charge is -2.07. The lowest BCUT2D eigenvalue weighted by atomic mass is 10.1. The number of aryl methyl sites for hydroxylation is 1. The lowest BCUT2D eigenvalue weighted by Crippen LogP contribution is -2.24. The lowest BCUT2D eigenvalue weighted by molar-refractivity contribution is -0.113. The van der Waals surface area contributed by atoms with Gasteiger partial charge in [0.1, 0.15) is 5.75 Å². The average molecular weight is 325 g/mol. The van der Waals surface area contributed by atoms with Crippen molar-refractivity contribution in [3.8, 4) is 0 Å². The van der Waals surface area contributed by atoms with Crippen molar-refractivity contribution < 1.29 is 13.2 Å². The standard InChI is InChI=1S/C17H27NO3S/c1-3-5-7-13-22(20,21)14-17(19)18-16-11-9-15(10-12-16)8-6-4-2/h9-12H,3-8,13-14H2,1-2H3,(H,18,19). The molecular formula is C17H27NO3S. The monoisotopic (exact) mass is 325 g/mol. The number of hydrogen-bond acceptors (Lipinski definition) is 3. The maximum atomic E-state index is 11.8. The van der Waals surface area contributed by atoms with Gasteiger partial charge in [0, 0.05) is 5.69 Å². The van der Waals surface area contributed by atoms with Gasteiger partial charge in [-0.15, -0.1) is 0 Å². The molecule has 0 atom stereocenters. The van der Waals surface area contributed by atoms with Gasteiger partial charge in [0.2, 0.25) is 5.91 Å². The molecule has 0 fully saturated rings. The molecule has 0 bridgehead atoms. The molecule has 1 N–H and O–H groups in total. The number of carbonyl (C=O) groups is 1. The molecule has 1 aromatic carbocycles. The van der Waals surface area contributed by atoms with Crippen LogP contribution in [0, 0.1) is 0 Å². The molecule has 1 amide bonds. The van der Waals surface area contributed by atoms with Crippen LogP contribution in [0.15, 0.2) is 24.3 Å². The van der Waals surface area contributed by atoms with Gasteiger partial charge in [-0.2, -0.15) is 0 Å². The first kappa shape index (κ1) is 18.7. The van der Waals surface area contributed by atoms with Crippen LogP contribution >= 0.6 is 0 Å². The van der Waals surface area contributed by atoms with Crippen LogP contribution in [0.1, 0.15) is 51.5 Å². The summed E-state index contributed by atoms with van der Waals surface area (Å²) < 4.78 is 23.6. The zero-order chi connectivity index (χ0) is 16.4. The van der Waals surface area contributed by atoms with Crippen LogP contribution in [-0.4, -0.2) is 25.8 Å². The van der Waals surface area contributed by atoms with Crippen LogP contribution in [0.3, 0.4) is 0 Å². The Morgan fingerprint density at radius 2 is 1.64 bits per heavy atom. The van der Waals surface area contributed by atoms with E-state index in [1.54, 1.807) is 0 Å². The number of rotatable bonds is 10. The highest BCUT2D eigenvalue weighted by molar-refractivity contribution is 7.92. The summed E-state index contributed by atoms with van der Waals surface area (Å²) in [6.07, 6.45) is 5.77. The Bertz CT molecular complexity index is 550. The van der Waals surface area contributed by atoms with Gasteiger partial charge in [0.15, 0.2) is 9.84 Å². The van der Waals surface area contributed by atoms with Crippen molar-refractivity contribution in [2.24, 2.45) is 0 Å². The minimum atomic E-state index is -3.31. The molecule has 1 aromatic rings. The summed E-state index contributed by atoms with van der Waals surface area (Å²) in [5.74, 6) is -0.809. The molecule has 0 radical (unpaired) electrons. The van der Waals surface area contributed by atoms with Crippen molar-refractivity contribution in [1.29, 1.82) is 0 Å². The zero-order valence-electron chi connectivity index (χ0n) is 13.6. The Kier molecular flexibility index (Phi) is 8.17. The van der Waals surface area contributed by atoms with E-state index in [2.05, 4.69) is 12.2 Å². The van der Waals surface area contributed by atoms with Crippen molar-refractivity contribution >= 4 is 21.4 Å². The summed E-state index contributed by atoms with van der Waals surface area (Å²) in [6, 6.07) is 7.60. The van der Waals surface area contributed by atoms with E-state index in [0.717, 1.165) is 32.1 Å². The number of carbonyl (C=O) groups excluding carboxylic acids is 1. The molecule has 0 aliphatic carbocycles. The average Bonchev–Trinajstić information content (AvgIpc) is 2.46. The first-order chi connectivity index (χ1) is 10.5. The third-order valence-corrected chi connectivity index (χ3v) is 5.08. The Balaban J connectivity index is 2.47. The Morgan fingerprint density at radius 3 is 2.23 bits per heavy atom. The third-order valence-electron chi connectivity index (χ3n) is 3.47. The number of unbranched alkanes of at least 4 members (excludes halogenated alkanes) is 3. The summed E-state index contributed by atoms with van der Waals surface area (Å²) in [5.41, 5.74) is 1.88. The van der Waals surface area contributed by atoms with Gasteiger partial charge in [-0.25, -0.2) is 8.42 Å². The molecule has 4 nitrogen and oxygen atoms in total. The van der Waals surface area contributed by atoms with Crippen molar-refractivity contribution in [3.05, 3.63) is 29.8 Å². The maximum absolute atomic E-state index is 11.8. The minimum Gasteiger partial charge on any atom is -0.325 e. The number of anilines is 1. The van der Waals surface area contributed by atoms with Gasteiger partial charge in [-0.05, 0) is 37.0 Å².